The minimum absolute atomic E-state index is 0.136. The summed E-state index contributed by atoms with van der Waals surface area (Å²) in [6.45, 7) is 6.04. The third-order valence-corrected chi connectivity index (χ3v) is 5.81. The van der Waals surface area contributed by atoms with E-state index in [9.17, 15) is 14.7 Å². The number of ether oxygens (including phenoxy) is 1. The fraction of sp³-hybridized carbons (Fsp3) is 0.179. The second-order valence-corrected chi connectivity index (χ2v) is 8.00. The van der Waals surface area contributed by atoms with Crippen LogP contribution in [0, 0.1) is 6.92 Å². The van der Waals surface area contributed by atoms with Crippen molar-refractivity contribution in [2.75, 3.05) is 6.61 Å². The zero-order chi connectivity index (χ0) is 24.2. The lowest BCUT2D eigenvalue weighted by atomic mass is 10.0. The number of rotatable bonds is 6. The van der Waals surface area contributed by atoms with Gasteiger partial charge in [-0.2, -0.15) is 0 Å². The molecule has 0 radical (unpaired) electrons. The standard InChI is InChI=1S/C28H26N2O4/c1-4-34-28(33)20-13-15-21(16-14-20)30-26(31)24-12-8-7-11-23(24)25(27(30)32)17-29-19(3)22-10-6-5-9-18(22)2/h5-17,19,32H,4H2,1-3H3/t19-/m1/s1. The molecular weight excluding hydrogens is 428 g/mol. The van der Waals surface area contributed by atoms with Gasteiger partial charge in [0.25, 0.3) is 5.56 Å². The Labute approximate surface area is 197 Å². The number of carbonyl (C=O) groups excluding carboxylic acids is 1. The molecule has 1 aromatic heterocycles. The van der Waals surface area contributed by atoms with Crippen LogP contribution < -0.4 is 5.56 Å². The molecule has 4 rings (SSSR count). The monoisotopic (exact) mass is 454 g/mol. The van der Waals surface area contributed by atoms with Crippen molar-refractivity contribution < 1.29 is 14.6 Å². The largest absolute Gasteiger partial charge is 0.494 e. The van der Waals surface area contributed by atoms with Crippen molar-refractivity contribution in [2.45, 2.75) is 26.8 Å². The molecule has 3 aromatic carbocycles. The van der Waals surface area contributed by atoms with Gasteiger partial charge in [-0.05, 0) is 62.2 Å². The number of esters is 1. The molecule has 0 aliphatic carbocycles. The maximum Gasteiger partial charge on any atom is 0.338 e. The number of hydrogen-bond donors (Lipinski definition) is 1. The maximum absolute atomic E-state index is 13.3. The van der Waals surface area contributed by atoms with Crippen molar-refractivity contribution in [3.05, 3.63) is 105 Å². The van der Waals surface area contributed by atoms with Crippen molar-refractivity contribution >= 4 is 23.0 Å². The Bertz CT molecular complexity index is 1440. The number of benzene rings is 3. The minimum atomic E-state index is -0.442. The van der Waals surface area contributed by atoms with E-state index in [0.717, 1.165) is 11.1 Å². The van der Waals surface area contributed by atoms with Crippen molar-refractivity contribution in [3.8, 4) is 11.6 Å². The predicted molar refractivity (Wildman–Crippen MR) is 134 cm³/mol. The molecule has 1 heterocycles. The van der Waals surface area contributed by atoms with Gasteiger partial charge in [0.1, 0.15) is 0 Å². The summed E-state index contributed by atoms with van der Waals surface area (Å²) in [5.74, 6) is -0.657. The molecule has 4 aromatic rings. The Balaban J connectivity index is 1.83. The van der Waals surface area contributed by atoms with E-state index >= 15 is 0 Å². The van der Waals surface area contributed by atoms with E-state index in [4.69, 9.17) is 9.73 Å². The number of aromatic nitrogens is 1. The van der Waals surface area contributed by atoms with Crippen molar-refractivity contribution in [2.24, 2.45) is 4.99 Å². The average Bonchev–Trinajstić information content (AvgIpc) is 2.85. The van der Waals surface area contributed by atoms with Crippen LogP contribution in [0.25, 0.3) is 16.5 Å². The highest BCUT2D eigenvalue weighted by Gasteiger charge is 2.17. The molecule has 0 unspecified atom stereocenters. The molecule has 1 N–H and O–H groups in total. The van der Waals surface area contributed by atoms with Crippen LogP contribution in [0.1, 0.15) is 46.9 Å². The van der Waals surface area contributed by atoms with Crippen LogP contribution in [0.3, 0.4) is 0 Å². The Morgan fingerprint density at radius 3 is 2.35 bits per heavy atom. The summed E-state index contributed by atoms with van der Waals surface area (Å²) in [6, 6.07) is 21.4. The van der Waals surface area contributed by atoms with Gasteiger partial charge in [-0.25, -0.2) is 9.36 Å². The maximum atomic E-state index is 13.3. The highest BCUT2D eigenvalue weighted by molar-refractivity contribution is 6.01. The van der Waals surface area contributed by atoms with Crippen LogP contribution in [0.2, 0.25) is 0 Å². The number of fused-ring (bicyclic) bond motifs is 1. The zero-order valence-electron chi connectivity index (χ0n) is 19.4. The molecule has 0 aliphatic rings. The molecule has 0 fully saturated rings. The Hall–Kier alpha value is -4.19. The second kappa shape index (κ2) is 9.75. The first-order valence-electron chi connectivity index (χ1n) is 11.1. The van der Waals surface area contributed by atoms with E-state index in [2.05, 4.69) is 0 Å². The lowest BCUT2D eigenvalue weighted by Crippen LogP contribution is -2.20. The molecule has 0 saturated heterocycles. The van der Waals surface area contributed by atoms with Gasteiger partial charge >= 0.3 is 5.97 Å². The SMILES string of the molecule is CCOC(=O)c1ccc(-n2c(O)c(C=N[C@H](C)c3ccccc3C)c3ccccc3c2=O)cc1. The molecule has 0 saturated carbocycles. The molecule has 6 heteroatoms. The second-order valence-electron chi connectivity index (χ2n) is 8.00. The molecule has 0 spiro atoms. The van der Waals surface area contributed by atoms with Gasteiger partial charge in [0.15, 0.2) is 0 Å². The van der Waals surface area contributed by atoms with Gasteiger partial charge in [-0.15, -0.1) is 0 Å². The van der Waals surface area contributed by atoms with E-state index in [0.29, 0.717) is 27.6 Å². The summed E-state index contributed by atoms with van der Waals surface area (Å²) in [7, 11) is 0. The molecule has 0 amide bonds. The van der Waals surface area contributed by atoms with Gasteiger partial charge in [0.2, 0.25) is 5.88 Å². The van der Waals surface area contributed by atoms with E-state index in [1.165, 1.54) is 4.57 Å². The third-order valence-electron chi connectivity index (χ3n) is 5.81. The smallest absolute Gasteiger partial charge is 0.338 e. The van der Waals surface area contributed by atoms with Gasteiger partial charge in [0.05, 0.1) is 29.5 Å². The fourth-order valence-corrected chi connectivity index (χ4v) is 4.01. The first-order chi connectivity index (χ1) is 16.4. The number of nitrogens with zero attached hydrogens (tertiary/aromatic N) is 2. The van der Waals surface area contributed by atoms with Crippen molar-refractivity contribution in [3.63, 3.8) is 0 Å². The van der Waals surface area contributed by atoms with Gasteiger partial charge in [0, 0.05) is 17.0 Å². The zero-order valence-corrected chi connectivity index (χ0v) is 19.4. The summed E-state index contributed by atoms with van der Waals surface area (Å²) < 4.78 is 6.26. The summed E-state index contributed by atoms with van der Waals surface area (Å²) in [4.78, 5) is 30.0. The van der Waals surface area contributed by atoms with Gasteiger partial charge < -0.3 is 9.84 Å². The fourth-order valence-electron chi connectivity index (χ4n) is 4.01. The average molecular weight is 455 g/mol. The first kappa shape index (κ1) is 23.0. The number of aliphatic imine (C=N–C) groups is 1. The molecule has 172 valence electrons. The molecule has 6 nitrogen and oxygen atoms in total. The number of aryl methyl sites for hydroxylation is 1. The van der Waals surface area contributed by atoms with Crippen LogP contribution in [-0.2, 0) is 4.74 Å². The molecular formula is C28H26N2O4. The normalized spacial score (nSPS) is 12.2. The Morgan fingerprint density at radius 1 is 1.03 bits per heavy atom. The Kier molecular flexibility index (Phi) is 6.59. The first-order valence-corrected chi connectivity index (χ1v) is 11.1. The van der Waals surface area contributed by atoms with Crippen LogP contribution in [0.4, 0.5) is 0 Å². The van der Waals surface area contributed by atoms with Crippen LogP contribution in [0.15, 0.2) is 82.6 Å². The van der Waals surface area contributed by atoms with Gasteiger partial charge in [-0.3, -0.25) is 9.79 Å². The van der Waals surface area contributed by atoms with E-state index in [-0.39, 0.29) is 24.1 Å². The summed E-state index contributed by atoms with van der Waals surface area (Å²) in [5.41, 5.74) is 3.11. The van der Waals surface area contributed by atoms with E-state index in [1.807, 2.05) is 44.2 Å². The van der Waals surface area contributed by atoms with E-state index < -0.39 is 5.97 Å². The summed E-state index contributed by atoms with van der Waals surface area (Å²) >= 11 is 0. The minimum Gasteiger partial charge on any atom is -0.494 e. The quantitative estimate of drug-likeness (QED) is 0.314. The number of carbonyl (C=O) groups is 1. The molecule has 0 bridgehead atoms. The lowest BCUT2D eigenvalue weighted by Gasteiger charge is -2.15. The van der Waals surface area contributed by atoms with Crippen LogP contribution >= 0.6 is 0 Å². The predicted octanol–water partition coefficient (Wildman–Crippen LogP) is 5.36. The van der Waals surface area contributed by atoms with Crippen LogP contribution in [-0.4, -0.2) is 28.5 Å². The third kappa shape index (κ3) is 4.35. The number of hydrogen-bond acceptors (Lipinski definition) is 5. The van der Waals surface area contributed by atoms with E-state index in [1.54, 1.807) is 55.6 Å². The van der Waals surface area contributed by atoms with Crippen LogP contribution in [0.5, 0.6) is 5.88 Å². The molecule has 0 aliphatic heterocycles. The highest BCUT2D eigenvalue weighted by atomic mass is 16.5. The summed E-state index contributed by atoms with van der Waals surface area (Å²) in [6.07, 6.45) is 1.62. The topological polar surface area (TPSA) is 80.9 Å². The van der Waals surface area contributed by atoms with Crippen molar-refractivity contribution in [1.82, 2.24) is 4.57 Å². The molecule has 34 heavy (non-hydrogen) atoms. The molecule has 1 atom stereocenters. The Morgan fingerprint density at radius 2 is 1.68 bits per heavy atom. The highest BCUT2D eigenvalue weighted by Crippen LogP contribution is 2.27. The summed E-state index contributed by atoms with van der Waals surface area (Å²) in [5, 5.41) is 12.3. The van der Waals surface area contributed by atoms with Gasteiger partial charge in [-0.1, -0.05) is 42.5 Å². The lowest BCUT2D eigenvalue weighted by molar-refractivity contribution is 0.0526. The van der Waals surface area contributed by atoms with Crippen molar-refractivity contribution in [1.29, 1.82) is 0 Å². The number of aromatic hydroxyl groups is 1. The number of pyridine rings is 1.